The van der Waals surface area contributed by atoms with Gasteiger partial charge in [-0.15, -0.1) is 0 Å². The highest BCUT2D eigenvalue weighted by atomic mass is 16.5. The van der Waals surface area contributed by atoms with Gasteiger partial charge in [0.15, 0.2) is 0 Å². The molecule has 1 N–H and O–H groups in total. The van der Waals surface area contributed by atoms with Crippen molar-refractivity contribution in [1.82, 2.24) is 15.1 Å². The zero-order chi connectivity index (χ0) is 12.6. The Hall–Kier alpha value is -0.160. The van der Waals surface area contributed by atoms with Crippen LogP contribution in [0.15, 0.2) is 0 Å². The van der Waals surface area contributed by atoms with Gasteiger partial charge in [0.2, 0.25) is 0 Å². The summed E-state index contributed by atoms with van der Waals surface area (Å²) >= 11 is 0. The fourth-order valence-corrected chi connectivity index (χ4v) is 3.27. The lowest BCUT2D eigenvalue weighted by atomic mass is 10.0. The second-order valence-electron chi connectivity index (χ2n) is 6.62. The summed E-state index contributed by atoms with van der Waals surface area (Å²) in [6.45, 7) is 5.79. The Bertz CT molecular complexity index is 283. The summed E-state index contributed by atoms with van der Waals surface area (Å²) in [5, 5.41) is 3.64. The predicted octanol–water partition coefficient (Wildman–Crippen LogP) is 0.738. The van der Waals surface area contributed by atoms with Crippen LogP contribution in [0.25, 0.3) is 0 Å². The molecule has 104 valence electrons. The van der Waals surface area contributed by atoms with Gasteiger partial charge in [0.1, 0.15) is 5.72 Å². The Kier molecular flexibility index (Phi) is 3.63. The molecule has 4 heteroatoms. The molecule has 0 aromatic rings. The Labute approximate surface area is 111 Å². The van der Waals surface area contributed by atoms with Gasteiger partial charge in [-0.05, 0) is 32.9 Å². The van der Waals surface area contributed by atoms with Crippen LogP contribution < -0.4 is 5.32 Å². The maximum absolute atomic E-state index is 6.29. The summed E-state index contributed by atoms with van der Waals surface area (Å²) in [7, 11) is 4.24. The van der Waals surface area contributed by atoms with E-state index in [9.17, 15) is 0 Å². The van der Waals surface area contributed by atoms with Crippen molar-refractivity contribution in [2.45, 2.75) is 37.5 Å². The van der Waals surface area contributed by atoms with Crippen molar-refractivity contribution in [2.75, 3.05) is 46.8 Å². The van der Waals surface area contributed by atoms with Gasteiger partial charge < -0.3 is 14.5 Å². The van der Waals surface area contributed by atoms with Crippen LogP contribution in [0.4, 0.5) is 0 Å². The van der Waals surface area contributed by atoms with Crippen molar-refractivity contribution in [1.29, 1.82) is 0 Å². The molecular formula is C14H27N3O. The number of ether oxygens (including phenoxy) is 1. The summed E-state index contributed by atoms with van der Waals surface area (Å²) in [4.78, 5) is 4.85. The second kappa shape index (κ2) is 5.08. The quantitative estimate of drug-likeness (QED) is 0.800. The first kappa shape index (κ1) is 12.9. The third-order valence-corrected chi connectivity index (χ3v) is 4.49. The van der Waals surface area contributed by atoms with Gasteiger partial charge in [-0.1, -0.05) is 0 Å². The Balaban J connectivity index is 1.46. The minimum absolute atomic E-state index is 0.000722. The van der Waals surface area contributed by atoms with Crippen LogP contribution in [-0.4, -0.2) is 68.4 Å². The lowest BCUT2D eigenvalue weighted by molar-refractivity contribution is -0.0906. The summed E-state index contributed by atoms with van der Waals surface area (Å²) in [6.07, 6.45) is 5.60. The molecule has 3 rings (SSSR count). The van der Waals surface area contributed by atoms with E-state index in [-0.39, 0.29) is 5.72 Å². The third-order valence-electron chi connectivity index (χ3n) is 4.49. The second-order valence-corrected chi connectivity index (χ2v) is 6.62. The zero-order valence-corrected chi connectivity index (χ0v) is 11.8. The number of nitrogens with zero attached hydrogens (tertiary/aromatic N) is 2. The normalized spacial score (nSPS) is 32.5. The van der Waals surface area contributed by atoms with Crippen LogP contribution in [0.3, 0.4) is 0 Å². The lowest BCUT2D eigenvalue weighted by Crippen LogP contribution is -2.51. The molecule has 18 heavy (non-hydrogen) atoms. The number of nitrogens with one attached hydrogen (secondary N) is 1. The minimum Gasteiger partial charge on any atom is -0.355 e. The van der Waals surface area contributed by atoms with Crippen LogP contribution >= 0.6 is 0 Å². The highest BCUT2D eigenvalue weighted by Gasteiger charge is 2.42. The maximum Gasteiger partial charge on any atom is 0.122 e. The Morgan fingerprint density at radius 2 is 2.00 bits per heavy atom. The summed E-state index contributed by atoms with van der Waals surface area (Å²) in [6, 6.07) is 0. The smallest absolute Gasteiger partial charge is 0.122 e. The fraction of sp³-hybridized carbons (Fsp3) is 1.00. The topological polar surface area (TPSA) is 27.7 Å². The van der Waals surface area contributed by atoms with E-state index in [4.69, 9.17) is 4.74 Å². The minimum atomic E-state index is 0.000722. The molecule has 1 spiro atoms. The molecule has 2 heterocycles. The molecule has 1 unspecified atom stereocenters. The van der Waals surface area contributed by atoms with Crippen molar-refractivity contribution in [3.8, 4) is 0 Å². The number of piperidine rings is 1. The summed E-state index contributed by atoms with van der Waals surface area (Å²) in [5.74, 6) is 1.01. The van der Waals surface area contributed by atoms with E-state index in [1.54, 1.807) is 0 Å². The average Bonchev–Trinajstić information content (AvgIpc) is 3.06. The van der Waals surface area contributed by atoms with E-state index in [1.807, 2.05) is 0 Å². The van der Waals surface area contributed by atoms with Gasteiger partial charge >= 0.3 is 0 Å². The summed E-state index contributed by atoms with van der Waals surface area (Å²) < 4.78 is 6.29. The van der Waals surface area contributed by atoms with Crippen molar-refractivity contribution in [2.24, 2.45) is 5.92 Å². The first-order chi connectivity index (χ1) is 8.65. The number of likely N-dealkylation sites (N-methyl/N-ethyl adjacent to an activating group) is 1. The average molecular weight is 253 g/mol. The van der Waals surface area contributed by atoms with Gasteiger partial charge in [-0.25, -0.2) is 0 Å². The largest absolute Gasteiger partial charge is 0.355 e. The maximum atomic E-state index is 6.29. The van der Waals surface area contributed by atoms with Crippen LogP contribution in [0.5, 0.6) is 0 Å². The van der Waals surface area contributed by atoms with Crippen LogP contribution in [-0.2, 0) is 4.74 Å². The number of hydrogen-bond acceptors (Lipinski definition) is 4. The van der Waals surface area contributed by atoms with Crippen LogP contribution in [0.2, 0.25) is 0 Å². The fourth-order valence-electron chi connectivity index (χ4n) is 3.27. The zero-order valence-electron chi connectivity index (χ0n) is 11.8. The molecule has 2 aliphatic heterocycles. The van der Waals surface area contributed by atoms with Crippen LogP contribution in [0.1, 0.15) is 25.7 Å². The molecule has 1 atom stereocenters. The predicted molar refractivity (Wildman–Crippen MR) is 72.6 cm³/mol. The molecule has 1 aliphatic carbocycles. The van der Waals surface area contributed by atoms with Gasteiger partial charge in [0.25, 0.3) is 0 Å². The van der Waals surface area contributed by atoms with E-state index >= 15 is 0 Å². The van der Waals surface area contributed by atoms with E-state index in [1.165, 1.54) is 32.5 Å². The number of hydrogen-bond donors (Lipinski definition) is 1. The van der Waals surface area contributed by atoms with E-state index in [0.29, 0.717) is 6.10 Å². The lowest BCUT2D eigenvalue weighted by Gasteiger charge is -2.39. The standard InChI is InChI=1S/C14H27N3O/c1-16(2)11-13-9-15-14(18-13)5-7-17(8-6-14)10-12-3-4-12/h12-13,15H,3-11H2,1-2H3. The Morgan fingerprint density at radius 1 is 1.28 bits per heavy atom. The van der Waals surface area contributed by atoms with Gasteiger partial charge in [0.05, 0.1) is 6.10 Å². The molecular weight excluding hydrogens is 226 g/mol. The van der Waals surface area contributed by atoms with Gasteiger partial charge in [-0.2, -0.15) is 0 Å². The Morgan fingerprint density at radius 3 is 2.61 bits per heavy atom. The van der Waals surface area contributed by atoms with E-state index in [0.717, 1.165) is 31.8 Å². The van der Waals surface area contributed by atoms with E-state index in [2.05, 4.69) is 29.2 Å². The molecule has 3 aliphatic rings. The highest BCUT2D eigenvalue weighted by molar-refractivity contribution is 4.93. The monoisotopic (exact) mass is 253 g/mol. The first-order valence-corrected chi connectivity index (χ1v) is 7.45. The molecule has 0 amide bonds. The van der Waals surface area contributed by atoms with Crippen molar-refractivity contribution in [3.05, 3.63) is 0 Å². The SMILES string of the molecule is CN(C)CC1CNC2(CCN(CC3CC3)CC2)O1. The molecule has 1 saturated carbocycles. The van der Waals surface area contributed by atoms with Crippen LogP contribution in [0, 0.1) is 5.92 Å². The molecule has 0 aromatic heterocycles. The number of rotatable bonds is 4. The number of likely N-dealkylation sites (tertiary alicyclic amines) is 1. The molecule has 3 fully saturated rings. The summed E-state index contributed by atoms with van der Waals surface area (Å²) in [5.41, 5.74) is 0.000722. The molecule has 4 nitrogen and oxygen atoms in total. The third kappa shape index (κ3) is 3.05. The molecule has 0 radical (unpaired) electrons. The highest BCUT2D eigenvalue weighted by Crippen LogP contribution is 2.33. The molecule has 0 bridgehead atoms. The molecule has 0 aromatic carbocycles. The van der Waals surface area contributed by atoms with Crippen molar-refractivity contribution < 1.29 is 4.74 Å². The van der Waals surface area contributed by atoms with Gasteiger partial charge in [-0.3, -0.25) is 5.32 Å². The molecule has 2 saturated heterocycles. The van der Waals surface area contributed by atoms with Crippen molar-refractivity contribution in [3.63, 3.8) is 0 Å². The van der Waals surface area contributed by atoms with Gasteiger partial charge in [0, 0.05) is 45.6 Å². The first-order valence-electron chi connectivity index (χ1n) is 7.45. The van der Waals surface area contributed by atoms with Crippen molar-refractivity contribution >= 4 is 0 Å². The van der Waals surface area contributed by atoms with E-state index < -0.39 is 0 Å².